The summed E-state index contributed by atoms with van der Waals surface area (Å²) in [6.45, 7) is 6.74. The Morgan fingerprint density at radius 1 is 1.36 bits per heavy atom. The van der Waals surface area contributed by atoms with Gasteiger partial charge in [0.2, 0.25) is 0 Å². The van der Waals surface area contributed by atoms with Crippen molar-refractivity contribution in [3.63, 3.8) is 0 Å². The van der Waals surface area contributed by atoms with E-state index in [4.69, 9.17) is 0 Å². The molecular weight excluding hydrogens is 284 g/mol. The van der Waals surface area contributed by atoms with Crippen LogP contribution in [0.25, 0.3) is 0 Å². The second kappa shape index (κ2) is 7.19. The van der Waals surface area contributed by atoms with Crippen LogP contribution in [-0.2, 0) is 11.3 Å². The minimum absolute atomic E-state index is 0.401. The minimum atomic E-state index is -1.05. The van der Waals surface area contributed by atoms with E-state index in [1.165, 1.54) is 0 Å². The summed E-state index contributed by atoms with van der Waals surface area (Å²) >= 11 is 0. The van der Waals surface area contributed by atoms with Gasteiger partial charge in [-0.05, 0) is 25.2 Å². The van der Waals surface area contributed by atoms with Crippen LogP contribution in [0.4, 0.5) is 0 Å². The number of hydrogen-bond donors (Lipinski definition) is 2. The van der Waals surface area contributed by atoms with Crippen molar-refractivity contribution in [2.24, 2.45) is 11.3 Å². The lowest BCUT2D eigenvalue weighted by Gasteiger charge is -2.43. The van der Waals surface area contributed by atoms with Gasteiger partial charge in [0.15, 0.2) is 0 Å². The van der Waals surface area contributed by atoms with Gasteiger partial charge < -0.3 is 19.7 Å². The number of hydrogen-bond acceptors (Lipinski definition) is 5. The summed E-state index contributed by atoms with van der Waals surface area (Å²) in [5.74, 6) is -0.453. The first-order valence-corrected chi connectivity index (χ1v) is 7.90. The fraction of sp³-hybridized carbons (Fsp3) is 0.800. The van der Waals surface area contributed by atoms with Crippen molar-refractivity contribution in [3.05, 3.63) is 12.7 Å². The van der Waals surface area contributed by atoms with E-state index in [-0.39, 0.29) is 0 Å². The average Bonchev–Trinajstić information content (AvgIpc) is 2.98. The zero-order chi connectivity index (χ0) is 16.2. The summed E-state index contributed by atoms with van der Waals surface area (Å²) in [5, 5.41) is 27.6. The van der Waals surface area contributed by atoms with E-state index in [2.05, 4.69) is 28.9 Å². The van der Waals surface area contributed by atoms with Crippen LogP contribution in [0, 0.1) is 11.3 Å². The molecular formula is C15H26N4O3. The summed E-state index contributed by atoms with van der Waals surface area (Å²) < 4.78 is 1.88. The highest BCUT2D eigenvalue weighted by atomic mass is 16.4. The molecule has 124 valence electrons. The molecule has 1 aliphatic heterocycles. The van der Waals surface area contributed by atoms with E-state index in [1.807, 2.05) is 4.57 Å². The molecule has 2 N–H and O–H groups in total. The molecule has 0 spiro atoms. The fourth-order valence-corrected chi connectivity index (χ4v) is 3.06. The van der Waals surface area contributed by atoms with E-state index in [0.29, 0.717) is 25.3 Å². The Morgan fingerprint density at radius 3 is 2.64 bits per heavy atom. The molecule has 1 fully saturated rings. The highest BCUT2D eigenvalue weighted by Gasteiger charge is 2.48. The number of piperidine rings is 1. The van der Waals surface area contributed by atoms with Gasteiger partial charge in [-0.3, -0.25) is 4.79 Å². The van der Waals surface area contributed by atoms with Gasteiger partial charge in [0.05, 0.1) is 6.10 Å². The fourth-order valence-electron chi connectivity index (χ4n) is 3.06. The van der Waals surface area contributed by atoms with Crippen molar-refractivity contribution < 1.29 is 15.0 Å². The van der Waals surface area contributed by atoms with Crippen LogP contribution >= 0.6 is 0 Å². The van der Waals surface area contributed by atoms with Gasteiger partial charge in [-0.25, -0.2) is 0 Å². The molecule has 2 atom stereocenters. The molecule has 7 nitrogen and oxygen atoms in total. The first-order valence-electron chi connectivity index (χ1n) is 7.90. The van der Waals surface area contributed by atoms with Crippen LogP contribution in [0.1, 0.15) is 33.1 Å². The van der Waals surface area contributed by atoms with Crippen LogP contribution < -0.4 is 0 Å². The minimum Gasteiger partial charge on any atom is -0.481 e. The standard InChI is InChI=1S/C15H26N4O3/c1-12(2)3-5-15(14(21)22)9-18(6-4-13(15)20)7-8-19-10-16-17-11-19/h10-13,20H,3-9H2,1-2H3,(H,21,22)/t13-,15-/m1/s1. The predicted octanol–water partition coefficient (Wildman–Crippen LogP) is 0.852. The van der Waals surface area contributed by atoms with Gasteiger partial charge in [0.1, 0.15) is 18.1 Å². The van der Waals surface area contributed by atoms with Crippen molar-refractivity contribution in [1.29, 1.82) is 0 Å². The van der Waals surface area contributed by atoms with Gasteiger partial charge in [0.25, 0.3) is 0 Å². The van der Waals surface area contributed by atoms with Crippen LogP contribution in [0.3, 0.4) is 0 Å². The molecule has 22 heavy (non-hydrogen) atoms. The lowest BCUT2D eigenvalue weighted by atomic mass is 9.73. The number of aliphatic carboxylic acids is 1. The van der Waals surface area contributed by atoms with Gasteiger partial charge in [-0.1, -0.05) is 13.8 Å². The maximum atomic E-state index is 11.9. The zero-order valence-corrected chi connectivity index (χ0v) is 13.4. The average molecular weight is 310 g/mol. The third-order valence-corrected chi connectivity index (χ3v) is 4.60. The number of aliphatic hydroxyl groups excluding tert-OH is 1. The van der Waals surface area contributed by atoms with Crippen molar-refractivity contribution >= 4 is 5.97 Å². The van der Waals surface area contributed by atoms with Crippen molar-refractivity contribution in [2.75, 3.05) is 19.6 Å². The van der Waals surface area contributed by atoms with E-state index in [9.17, 15) is 15.0 Å². The molecule has 0 aromatic carbocycles. The van der Waals surface area contributed by atoms with Gasteiger partial charge in [0, 0.05) is 26.2 Å². The molecule has 1 aliphatic rings. The van der Waals surface area contributed by atoms with Crippen LogP contribution in [0.5, 0.6) is 0 Å². The largest absolute Gasteiger partial charge is 0.481 e. The van der Waals surface area contributed by atoms with Crippen molar-refractivity contribution in [1.82, 2.24) is 19.7 Å². The number of rotatable bonds is 7. The van der Waals surface area contributed by atoms with E-state index in [0.717, 1.165) is 26.1 Å². The van der Waals surface area contributed by atoms with Gasteiger partial charge in [-0.2, -0.15) is 0 Å². The van der Waals surface area contributed by atoms with Crippen LogP contribution in [0.2, 0.25) is 0 Å². The Kier molecular flexibility index (Phi) is 5.52. The molecule has 2 rings (SSSR count). The molecule has 0 aliphatic carbocycles. The smallest absolute Gasteiger partial charge is 0.313 e. The van der Waals surface area contributed by atoms with Crippen molar-refractivity contribution in [3.8, 4) is 0 Å². The van der Waals surface area contributed by atoms with E-state index >= 15 is 0 Å². The number of carbonyl (C=O) groups is 1. The molecule has 0 unspecified atom stereocenters. The Hall–Kier alpha value is -1.47. The number of nitrogens with zero attached hydrogens (tertiary/aromatic N) is 4. The lowest BCUT2D eigenvalue weighted by molar-refractivity contribution is -0.164. The lowest BCUT2D eigenvalue weighted by Crippen LogP contribution is -2.56. The molecule has 0 amide bonds. The van der Waals surface area contributed by atoms with Crippen molar-refractivity contribution in [2.45, 2.75) is 45.8 Å². The number of carboxylic acids is 1. The molecule has 1 aromatic rings. The monoisotopic (exact) mass is 310 g/mol. The van der Waals surface area contributed by atoms with Crippen LogP contribution in [0.15, 0.2) is 12.7 Å². The highest BCUT2D eigenvalue weighted by molar-refractivity contribution is 5.76. The summed E-state index contributed by atoms with van der Waals surface area (Å²) in [4.78, 5) is 14.0. The zero-order valence-electron chi connectivity index (χ0n) is 13.4. The number of likely N-dealkylation sites (tertiary alicyclic amines) is 1. The highest BCUT2D eigenvalue weighted by Crippen LogP contribution is 2.36. The summed E-state index contributed by atoms with van der Waals surface area (Å²) in [5.41, 5.74) is -1.05. The molecule has 7 heteroatoms. The Bertz CT molecular complexity index is 477. The molecule has 2 heterocycles. The van der Waals surface area contributed by atoms with E-state index in [1.54, 1.807) is 12.7 Å². The topological polar surface area (TPSA) is 91.5 Å². The summed E-state index contributed by atoms with van der Waals surface area (Å²) in [6, 6.07) is 0. The molecule has 1 saturated heterocycles. The number of aromatic nitrogens is 3. The third-order valence-electron chi connectivity index (χ3n) is 4.60. The second-order valence-electron chi connectivity index (χ2n) is 6.67. The first kappa shape index (κ1) is 16.9. The quantitative estimate of drug-likeness (QED) is 0.776. The summed E-state index contributed by atoms with van der Waals surface area (Å²) in [6.07, 6.45) is 4.37. The molecule has 1 aromatic heterocycles. The SMILES string of the molecule is CC(C)CC[C@@]1(C(=O)O)CN(CCn2cnnc2)CC[C@H]1O. The summed E-state index contributed by atoms with van der Waals surface area (Å²) in [7, 11) is 0. The Morgan fingerprint density at radius 2 is 2.05 bits per heavy atom. The first-order chi connectivity index (χ1) is 10.4. The Balaban J connectivity index is 2.01. The molecule has 0 saturated carbocycles. The van der Waals surface area contributed by atoms with Gasteiger partial charge in [-0.15, -0.1) is 10.2 Å². The predicted molar refractivity (Wildman–Crippen MR) is 81.2 cm³/mol. The second-order valence-corrected chi connectivity index (χ2v) is 6.67. The number of aliphatic hydroxyl groups is 1. The third kappa shape index (κ3) is 3.84. The van der Waals surface area contributed by atoms with Crippen LogP contribution in [-0.4, -0.2) is 61.6 Å². The van der Waals surface area contributed by atoms with Gasteiger partial charge >= 0.3 is 5.97 Å². The number of carboxylic acid groups (broad SMARTS) is 1. The maximum Gasteiger partial charge on any atom is 0.313 e. The Labute approximate surface area is 131 Å². The molecule has 0 radical (unpaired) electrons. The normalized spacial score (nSPS) is 26.5. The van der Waals surface area contributed by atoms with E-state index < -0.39 is 17.5 Å². The maximum absolute atomic E-state index is 11.9. The molecule has 0 bridgehead atoms.